The molecule has 0 spiro atoms. The van der Waals surface area contributed by atoms with Crippen LogP contribution in [0.25, 0.3) is 0 Å². The third-order valence-electron chi connectivity index (χ3n) is 5.81. The van der Waals surface area contributed by atoms with Gasteiger partial charge in [-0.1, -0.05) is 12.1 Å². The average Bonchev–Trinajstić information content (AvgIpc) is 3.45. The number of urea groups is 1. The second-order valence-electron chi connectivity index (χ2n) is 8.66. The van der Waals surface area contributed by atoms with Crippen molar-refractivity contribution in [3.05, 3.63) is 77.6 Å². The Kier molecular flexibility index (Phi) is 8.87. The summed E-state index contributed by atoms with van der Waals surface area (Å²) in [5.74, 6) is 0.694. The standard InChI is InChI=1S/C27H27F3N4O5/c1-31-25(35)23-14-20(10-11-32-23)39-19-7-4-17(5-8-19)15-33-26(36)34-22-13-18(27(28,29)30)6-9-24(22)38-16-21-3-2-12-37-21/h4-11,13-14,21H,2-3,12,15-16H2,1H3,(H,31,35)(H2,33,34,36). The van der Waals surface area contributed by atoms with Gasteiger partial charge in [-0.05, 0) is 54.8 Å². The van der Waals surface area contributed by atoms with Crippen LogP contribution in [0.2, 0.25) is 0 Å². The van der Waals surface area contributed by atoms with Crippen LogP contribution in [0, 0.1) is 0 Å². The van der Waals surface area contributed by atoms with Crippen molar-refractivity contribution in [1.82, 2.24) is 15.6 Å². The van der Waals surface area contributed by atoms with E-state index in [1.54, 1.807) is 30.3 Å². The van der Waals surface area contributed by atoms with E-state index in [1.807, 2.05) is 0 Å². The highest BCUT2D eigenvalue weighted by Crippen LogP contribution is 2.35. The fourth-order valence-corrected chi connectivity index (χ4v) is 3.78. The van der Waals surface area contributed by atoms with Gasteiger partial charge in [-0.2, -0.15) is 13.2 Å². The van der Waals surface area contributed by atoms with Crippen molar-refractivity contribution in [3.8, 4) is 17.2 Å². The smallest absolute Gasteiger partial charge is 0.416 e. The highest BCUT2D eigenvalue weighted by atomic mass is 19.4. The first-order valence-corrected chi connectivity index (χ1v) is 12.2. The van der Waals surface area contributed by atoms with E-state index in [0.29, 0.717) is 18.1 Å². The van der Waals surface area contributed by atoms with Crippen LogP contribution < -0.4 is 25.4 Å². The molecule has 1 saturated heterocycles. The quantitative estimate of drug-likeness (QED) is 0.345. The van der Waals surface area contributed by atoms with Crippen molar-refractivity contribution in [2.75, 3.05) is 25.6 Å². The van der Waals surface area contributed by atoms with Gasteiger partial charge in [0.2, 0.25) is 0 Å². The number of halogens is 3. The molecule has 9 nitrogen and oxygen atoms in total. The van der Waals surface area contributed by atoms with Gasteiger partial charge in [0, 0.05) is 32.5 Å². The number of pyridine rings is 1. The fourth-order valence-electron chi connectivity index (χ4n) is 3.78. The number of carbonyl (C=O) groups excluding carboxylic acids is 2. The summed E-state index contributed by atoms with van der Waals surface area (Å²) in [6.45, 7) is 0.889. The number of nitrogens with zero attached hydrogens (tertiary/aromatic N) is 1. The Hall–Kier alpha value is -4.32. The van der Waals surface area contributed by atoms with Gasteiger partial charge in [0.25, 0.3) is 5.91 Å². The lowest BCUT2D eigenvalue weighted by atomic mass is 10.1. The molecule has 3 amide bonds. The largest absolute Gasteiger partial charge is 0.489 e. The maximum atomic E-state index is 13.3. The number of ether oxygens (including phenoxy) is 3. The Morgan fingerprint density at radius 3 is 2.56 bits per heavy atom. The summed E-state index contributed by atoms with van der Waals surface area (Å²) in [4.78, 5) is 28.3. The minimum atomic E-state index is -4.58. The maximum Gasteiger partial charge on any atom is 0.416 e. The molecule has 0 bridgehead atoms. The number of hydrogen-bond acceptors (Lipinski definition) is 6. The van der Waals surface area contributed by atoms with Crippen LogP contribution in [0.15, 0.2) is 60.8 Å². The van der Waals surface area contributed by atoms with Crippen LogP contribution in [0.3, 0.4) is 0 Å². The van der Waals surface area contributed by atoms with Gasteiger partial charge < -0.3 is 30.2 Å². The van der Waals surface area contributed by atoms with Crippen LogP contribution >= 0.6 is 0 Å². The summed E-state index contributed by atoms with van der Waals surface area (Å²) in [7, 11) is 1.50. The molecule has 1 atom stereocenters. The summed E-state index contributed by atoms with van der Waals surface area (Å²) in [6.07, 6.45) is -1.57. The Labute approximate surface area is 222 Å². The lowest BCUT2D eigenvalue weighted by molar-refractivity contribution is -0.137. The molecule has 12 heteroatoms. The minimum absolute atomic E-state index is 0.0995. The molecule has 1 aliphatic rings. The lowest BCUT2D eigenvalue weighted by Crippen LogP contribution is -2.28. The predicted octanol–water partition coefficient (Wildman–Crippen LogP) is 5.13. The molecule has 1 fully saturated rings. The monoisotopic (exact) mass is 544 g/mol. The first kappa shape index (κ1) is 27.7. The number of nitrogens with one attached hydrogen (secondary N) is 3. The maximum absolute atomic E-state index is 13.3. The van der Waals surface area contributed by atoms with E-state index in [1.165, 1.54) is 25.4 Å². The third kappa shape index (κ3) is 7.84. The van der Waals surface area contributed by atoms with Crippen molar-refractivity contribution >= 4 is 17.6 Å². The first-order chi connectivity index (χ1) is 18.7. The number of benzene rings is 2. The zero-order valence-electron chi connectivity index (χ0n) is 21.0. The average molecular weight is 545 g/mol. The summed E-state index contributed by atoms with van der Waals surface area (Å²) < 4.78 is 56.7. The van der Waals surface area contributed by atoms with Gasteiger partial charge in [0.15, 0.2) is 0 Å². The van der Waals surface area contributed by atoms with E-state index in [2.05, 4.69) is 20.9 Å². The van der Waals surface area contributed by atoms with Gasteiger partial charge >= 0.3 is 12.2 Å². The number of rotatable bonds is 9. The van der Waals surface area contributed by atoms with Crippen molar-refractivity contribution in [1.29, 1.82) is 0 Å². The van der Waals surface area contributed by atoms with Gasteiger partial charge in [-0.15, -0.1) is 0 Å². The van der Waals surface area contributed by atoms with Crippen LogP contribution in [-0.4, -0.2) is 43.3 Å². The minimum Gasteiger partial charge on any atom is -0.489 e. The zero-order valence-corrected chi connectivity index (χ0v) is 21.0. The molecule has 1 aliphatic heterocycles. The highest BCUT2D eigenvalue weighted by Gasteiger charge is 2.31. The number of carbonyl (C=O) groups is 2. The summed E-state index contributed by atoms with van der Waals surface area (Å²) in [6, 6.07) is 12.1. The third-order valence-corrected chi connectivity index (χ3v) is 5.81. The fraction of sp³-hybridized carbons (Fsp3) is 0.296. The van der Waals surface area contributed by atoms with E-state index in [0.717, 1.165) is 30.5 Å². The van der Waals surface area contributed by atoms with Gasteiger partial charge in [-0.3, -0.25) is 9.78 Å². The molecule has 206 valence electrons. The second kappa shape index (κ2) is 12.5. The second-order valence-corrected chi connectivity index (χ2v) is 8.66. The highest BCUT2D eigenvalue weighted by molar-refractivity contribution is 5.92. The molecule has 1 aromatic heterocycles. The van der Waals surface area contributed by atoms with Crippen LogP contribution in [0.1, 0.15) is 34.5 Å². The number of alkyl halides is 3. The zero-order chi connectivity index (χ0) is 27.8. The molecule has 3 N–H and O–H groups in total. The van der Waals surface area contributed by atoms with E-state index < -0.39 is 17.8 Å². The number of amides is 3. The molecule has 4 rings (SSSR count). The van der Waals surface area contributed by atoms with Gasteiger partial charge in [-0.25, -0.2) is 4.79 Å². The summed E-state index contributed by atoms with van der Waals surface area (Å²) >= 11 is 0. The van der Waals surface area contributed by atoms with E-state index >= 15 is 0 Å². The summed E-state index contributed by atoms with van der Waals surface area (Å²) in [5, 5.41) is 7.56. The Morgan fingerprint density at radius 2 is 1.87 bits per heavy atom. The molecule has 0 aliphatic carbocycles. The molecule has 2 aromatic carbocycles. The van der Waals surface area contributed by atoms with E-state index in [-0.39, 0.29) is 42.3 Å². The Bertz CT molecular complexity index is 1300. The molecule has 0 saturated carbocycles. The van der Waals surface area contributed by atoms with Crippen molar-refractivity contribution in [2.45, 2.75) is 31.7 Å². The van der Waals surface area contributed by atoms with E-state index in [4.69, 9.17) is 14.2 Å². The number of anilines is 1. The first-order valence-electron chi connectivity index (χ1n) is 12.2. The molecule has 1 unspecified atom stereocenters. The van der Waals surface area contributed by atoms with E-state index in [9.17, 15) is 22.8 Å². The van der Waals surface area contributed by atoms with Gasteiger partial charge in [0.05, 0.1) is 17.4 Å². The van der Waals surface area contributed by atoms with Gasteiger partial charge in [0.1, 0.15) is 29.5 Å². The summed E-state index contributed by atoms with van der Waals surface area (Å²) in [5.41, 5.74) is -0.0766. The molecule has 0 radical (unpaired) electrons. The molecular formula is C27H27F3N4O5. The Balaban J connectivity index is 1.35. The van der Waals surface area contributed by atoms with Crippen molar-refractivity contribution in [3.63, 3.8) is 0 Å². The molecule has 2 heterocycles. The predicted molar refractivity (Wildman–Crippen MR) is 136 cm³/mol. The Morgan fingerprint density at radius 1 is 1.08 bits per heavy atom. The number of hydrogen-bond donors (Lipinski definition) is 3. The SMILES string of the molecule is CNC(=O)c1cc(Oc2ccc(CNC(=O)Nc3cc(C(F)(F)F)ccc3OCC3CCCO3)cc2)ccn1. The van der Waals surface area contributed by atoms with Crippen molar-refractivity contribution in [2.24, 2.45) is 0 Å². The topological polar surface area (TPSA) is 111 Å². The number of aromatic nitrogens is 1. The molecule has 3 aromatic rings. The molecular weight excluding hydrogens is 517 g/mol. The van der Waals surface area contributed by atoms with Crippen LogP contribution in [0.5, 0.6) is 17.2 Å². The van der Waals surface area contributed by atoms with Crippen LogP contribution in [-0.2, 0) is 17.5 Å². The normalized spacial score (nSPS) is 14.9. The van der Waals surface area contributed by atoms with Crippen LogP contribution in [0.4, 0.5) is 23.7 Å². The molecule has 39 heavy (non-hydrogen) atoms. The van der Waals surface area contributed by atoms with Crippen molar-refractivity contribution < 1.29 is 37.0 Å². The lowest BCUT2D eigenvalue weighted by Gasteiger charge is -2.17.